The standard InChI is InChI=1S/C11H8ClN3O2S/c12-9-4-10(15(16)17)11(14-6-9)18-7-8-2-1-3-13-5-8/h1-6H,7H2. The maximum atomic E-state index is 10.9. The first-order valence-electron chi connectivity index (χ1n) is 4.98. The van der Waals surface area contributed by atoms with Gasteiger partial charge in [0.2, 0.25) is 0 Å². The molecule has 0 unspecified atom stereocenters. The van der Waals surface area contributed by atoms with Gasteiger partial charge in [-0.25, -0.2) is 4.98 Å². The van der Waals surface area contributed by atoms with E-state index in [2.05, 4.69) is 9.97 Å². The summed E-state index contributed by atoms with van der Waals surface area (Å²) in [5, 5.41) is 11.5. The second-order valence-electron chi connectivity index (χ2n) is 3.38. The summed E-state index contributed by atoms with van der Waals surface area (Å²) in [6.45, 7) is 0. The number of aromatic nitrogens is 2. The van der Waals surface area contributed by atoms with Crippen LogP contribution in [-0.4, -0.2) is 14.9 Å². The monoisotopic (exact) mass is 281 g/mol. The molecule has 2 aromatic heterocycles. The summed E-state index contributed by atoms with van der Waals surface area (Å²) >= 11 is 6.98. The average molecular weight is 282 g/mol. The molecule has 0 amide bonds. The van der Waals surface area contributed by atoms with Crippen molar-refractivity contribution in [2.75, 3.05) is 0 Å². The summed E-state index contributed by atoms with van der Waals surface area (Å²) in [5.74, 6) is 0.573. The summed E-state index contributed by atoms with van der Waals surface area (Å²) in [7, 11) is 0. The van der Waals surface area contributed by atoms with Crippen LogP contribution >= 0.6 is 23.4 Å². The van der Waals surface area contributed by atoms with Crippen LogP contribution in [0.2, 0.25) is 5.02 Å². The van der Waals surface area contributed by atoms with Crippen LogP contribution in [0.4, 0.5) is 5.69 Å². The number of nitro groups is 1. The van der Waals surface area contributed by atoms with Gasteiger partial charge in [-0.1, -0.05) is 29.4 Å². The van der Waals surface area contributed by atoms with Crippen LogP contribution in [-0.2, 0) is 5.75 Å². The van der Waals surface area contributed by atoms with Gasteiger partial charge in [-0.15, -0.1) is 0 Å². The Balaban J connectivity index is 2.17. The maximum Gasteiger partial charge on any atom is 0.302 e. The van der Waals surface area contributed by atoms with Gasteiger partial charge in [0, 0.05) is 30.4 Å². The minimum absolute atomic E-state index is 0.0728. The van der Waals surface area contributed by atoms with E-state index in [0.717, 1.165) is 5.56 Å². The number of rotatable bonds is 4. The Morgan fingerprint density at radius 1 is 1.44 bits per heavy atom. The van der Waals surface area contributed by atoms with Crippen molar-refractivity contribution in [3.05, 3.63) is 57.5 Å². The molecule has 5 nitrogen and oxygen atoms in total. The molecule has 2 rings (SSSR count). The van der Waals surface area contributed by atoms with E-state index in [4.69, 9.17) is 11.6 Å². The van der Waals surface area contributed by atoms with E-state index in [1.165, 1.54) is 24.0 Å². The lowest BCUT2D eigenvalue weighted by atomic mass is 10.3. The molecule has 0 fully saturated rings. The molecule has 2 heterocycles. The van der Waals surface area contributed by atoms with Gasteiger partial charge in [0.25, 0.3) is 0 Å². The van der Waals surface area contributed by atoms with Crippen molar-refractivity contribution in [1.82, 2.24) is 9.97 Å². The molecular weight excluding hydrogens is 274 g/mol. The Kier molecular flexibility index (Phi) is 4.11. The normalized spacial score (nSPS) is 10.3. The Bertz CT molecular complexity index is 565. The third-order valence-corrected chi connectivity index (χ3v) is 3.37. The molecule has 2 aromatic rings. The fourth-order valence-electron chi connectivity index (χ4n) is 1.29. The SMILES string of the molecule is O=[N+]([O-])c1cc(Cl)cnc1SCc1cccnc1. The smallest absolute Gasteiger partial charge is 0.264 e. The molecule has 0 aliphatic heterocycles. The summed E-state index contributed by atoms with van der Waals surface area (Å²) in [5.41, 5.74) is 0.907. The van der Waals surface area contributed by atoms with Crippen LogP contribution in [0.3, 0.4) is 0 Å². The Labute approximate surface area is 112 Å². The Morgan fingerprint density at radius 3 is 2.94 bits per heavy atom. The molecule has 0 aliphatic carbocycles. The Morgan fingerprint density at radius 2 is 2.28 bits per heavy atom. The zero-order valence-corrected chi connectivity index (χ0v) is 10.7. The van der Waals surface area contributed by atoms with Crippen molar-refractivity contribution >= 4 is 29.1 Å². The van der Waals surface area contributed by atoms with Crippen LogP contribution in [0.1, 0.15) is 5.56 Å². The van der Waals surface area contributed by atoms with Gasteiger partial charge in [-0.05, 0) is 11.6 Å². The third-order valence-electron chi connectivity index (χ3n) is 2.09. The van der Waals surface area contributed by atoms with Crippen LogP contribution in [0.25, 0.3) is 0 Å². The summed E-state index contributed by atoms with van der Waals surface area (Å²) in [4.78, 5) is 18.3. The number of pyridine rings is 2. The molecule has 0 N–H and O–H groups in total. The molecule has 7 heteroatoms. The highest BCUT2D eigenvalue weighted by atomic mass is 35.5. The quantitative estimate of drug-likeness (QED) is 0.488. The first-order valence-corrected chi connectivity index (χ1v) is 6.35. The third kappa shape index (κ3) is 3.18. The van der Waals surface area contributed by atoms with E-state index in [1.54, 1.807) is 12.4 Å². The second-order valence-corrected chi connectivity index (χ2v) is 4.79. The van der Waals surface area contributed by atoms with Gasteiger partial charge in [-0.2, -0.15) is 0 Å². The van der Waals surface area contributed by atoms with E-state index in [9.17, 15) is 10.1 Å². The van der Waals surface area contributed by atoms with Crippen molar-refractivity contribution in [3.8, 4) is 0 Å². The number of halogens is 1. The highest BCUT2D eigenvalue weighted by Crippen LogP contribution is 2.31. The first kappa shape index (κ1) is 12.8. The summed E-state index contributed by atoms with van der Waals surface area (Å²) < 4.78 is 0. The zero-order chi connectivity index (χ0) is 13.0. The molecule has 0 saturated carbocycles. The number of hydrogen-bond acceptors (Lipinski definition) is 5. The topological polar surface area (TPSA) is 68.9 Å². The zero-order valence-electron chi connectivity index (χ0n) is 9.12. The Hall–Kier alpha value is -1.66. The van der Waals surface area contributed by atoms with E-state index < -0.39 is 4.92 Å². The van der Waals surface area contributed by atoms with Gasteiger partial charge in [0.05, 0.1) is 9.95 Å². The maximum absolute atomic E-state index is 10.9. The molecule has 18 heavy (non-hydrogen) atoms. The predicted octanol–water partition coefficient (Wildman–Crippen LogP) is 3.33. The lowest BCUT2D eigenvalue weighted by Gasteiger charge is -2.02. The van der Waals surface area contributed by atoms with Crippen molar-refractivity contribution < 1.29 is 4.92 Å². The molecule has 0 aliphatic rings. The van der Waals surface area contributed by atoms with Crippen molar-refractivity contribution in [2.24, 2.45) is 0 Å². The lowest BCUT2D eigenvalue weighted by molar-refractivity contribution is -0.388. The largest absolute Gasteiger partial charge is 0.302 e. The minimum atomic E-state index is -0.482. The molecule has 0 radical (unpaired) electrons. The van der Waals surface area contributed by atoms with Gasteiger partial charge >= 0.3 is 5.69 Å². The van der Waals surface area contributed by atoms with Gasteiger partial charge < -0.3 is 0 Å². The first-order chi connectivity index (χ1) is 8.66. The van der Waals surface area contributed by atoms with Crippen LogP contribution < -0.4 is 0 Å². The predicted molar refractivity (Wildman–Crippen MR) is 69.7 cm³/mol. The van der Waals surface area contributed by atoms with E-state index >= 15 is 0 Å². The molecule has 0 atom stereocenters. The van der Waals surface area contributed by atoms with Crippen molar-refractivity contribution in [1.29, 1.82) is 0 Å². The van der Waals surface area contributed by atoms with Crippen molar-refractivity contribution in [3.63, 3.8) is 0 Å². The lowest BCUT2D eigenvalue weighted by Crippen LogP contribution is -1.94. The van der Waals surface area contributed by atoms with E-state index in [-0.39, 0.29) is 10.7 Å². The molecule has 0 saturated heterocycles. The van der Waals surface area contributed by atoms with Gasteiger partial charge in [-0.3, -0.25) is 15.1 Å². The van der Waals surface area contributed by atoms with Crippen LogP contribution in [0.15, 0.2) is 41.8 Å². The summed E-state index contributed by atoms with van der Waals surface area (Å²) in [6.07, 6.45) is 4.80. The van der Waals surface area contributed by atoms with E-state index in [1.807, 2.05) is 12.1 Å². The van der Waals surface area contributed by atoms with Gasteiger partial charge in [0.1, 0.15) is 0 Å². The molecule has 92 valence electrons. The second kappa shape index (κ2) is 5.79. The fourth-order valence-corrected chi connectivity index (χ4v) is 2.33. The van der Waals surface area contributed by atoms with Gasteiger partial charge in [0.15, 0.2) is 5.03 Å². The molecular formula is C11H8ClN3O2S. The molecule has 0 spiro atoms. The highest BCUT2D eigenvalue weighted by Gasteiger charge is 2.16. The summed E-state index contributed by atoms with van der Waals surface area (Å²) in [6, 6.07) is 5.03. The van der Waals surface area contributed by atoms with Crippen LogP contribution in [0.5, 0.6) is 0 Å². The minimum Gasteiger partial charge on any atom is -0.264 e. The van der Waals surface area contributed by atoms with E-state index in [0.29, 0.717) is 10.8 Å². The fraction of sp³-hybridized carbons (Fsp3) is 0.0909. The average Bonchev–Trinajstić information content (AvgIpc) is 2.38. The highest BCUT2D eigenvalue weighted by molar-refractivity contribution is 7.98. The molecule has 0 aromatic carbocycles. The van der Waals surface area contributed by atoms with Crippen LogP contribution in [0, 0.1) is 10.1 Å². The van der Waals surface area contributed by atoms with Crippen molar-refractivity contribution in [2.45, 2.75) is 10.8 Å². The molecule has 0 bridgehead atoms. The number of nitrogens with zero attached hydrogens (tertiary/aromatic N) is 3. The number of thioether (sulfide) groups is 1. The number of hydrogen-bond donors (Lipinski definition) is 0.